The number of nitrogens with zero attached hydrogens (tertiary/aromatic N) is 2. The summed E-state index contributed by atoms with van der Waals surface area (Å²) in [5.41, 5.74) is 5.40. The number of rotatable bonds is 4. The van der Waals surface area contributed by atoms with Crippen molar-refractivity contribution in [3.8, 4) is 0 Å². The van der Waals surface area contributed by atoms with Gasteiger partial charge in [-0.3, -0.25) is 19.7 Å². The van der Waals surface area contributed by atoms with Gasteiger partial charge in [0.15, 0.2) is 0 Å². The Bertz CT molecular complexity index is 616. The van der Waals surface area contributed by atoms with Crippen LogP contribution < -0.4 is 10.6 Å². The first-order chi connectivity index (χ1) is 9.81. The fraction of sp³-hybridized carbons (Fsp3) is 0.385. The van der Waals surface area contributed by atoms with E-state index < -0.39 is 22.7 Å². The molecule has 2 rings (SSSR count). The highest BCUT2D eigenvalue weighted by Gasteiger charge is 2.37. The molecule has 1 aliphatic rings. The van der Waals surface area contributed by atoms with E-state index in [4.69, 9.17) is 10.8 Å². The first kappa shape index (κ1) is 14.8. The van der Waals surface area contributed by atoms with Gasteiger partial charge in [-0.15, -0.1) is 0 Å². The summed E-state index contributed by atoms with van der Waals surface area (Å²) < 4.78 is 0. The van der Waals surface area contributed by atoms with Crippen molar-refractivity contribution in [3.63, 3.8) is 0 Å². The van der Waals surface area contributed by atoms with Gasteiger partial charge in [0.2, 0.25) is 5.91 Å². The molecule has 0 radical (unpaired) electrons. The summed E-state index contributed by atoms with van der Waals surface area (Å²) in [6.45, 7) is 2.32. The number of nitro groups is 1. The lowest BCUT2D eigenvalue weighted by Gasteiger charge is -2.18. The van der Waals surface area contributed by atoms with Gasteiger partial charge in [-0.2, -0.15) is 0 Å². The zero-order valence-electron chi connectivity index (χ0n) is 11.4. The fourth-order valence-corrected chi connectivity index (χ4v) is 2.57. The first-order valence-electron chi connectivity index (χ1n) is 6.37. The highest BCUT2D eigenvalue weighted by atomic mass is 16.6. The van der Waals surface area contributed by atoms with E-state index in [2.05, 4.69) is 0 Å². The molecule has 0 spiro atoms. The fourth-order valence-electron chi connectivity index (χ4n) is 2.57. The summed E-state index contributed by atoms with van der Waals surface area (Å²) in [5.74, 6) is -2.35. The maximum atomic E-state index is 11.2. The number of carboxylic acid groups (broad SMARTS) is 1. The number of hydrogen-bond donors (Lipinski definition) is 2. The molecule has 3 N–H and O–H groups in total. The maximum absolute atomic E-state index is 11.2. The number of nitro benzene ring substituents is 1. The van der Waals surface area contributed by atoms with Crippen molar-refractivity contribution in [2.75, 3.05) is 18.0 Å². The van der Waals surface area contributed by atoms with E-state index in [9.17, 15) is 19.7 Å². The number of aliphatic carboxylic acids is 1. The predicted molar refractivity (Wildman–Crippen MR) is 74.1 cm³/mol. The van der Waals surface area contributed by atoms with Crippen LogP contribution in [0.3, 0.4) is 0 Å². The van der Waals surface area contributed by atoms with Gasteiger partial charge >= 0.3 is 5.97 Å². The van der Waals surface area contributed by atoms with Crippen LogP contribution in [0.15, 0.2) is 18.2 Å². The van der Waals surface area contributed by atoms with Gasteiger partial charge < -0.3 is 15.7 Å². The average Bonchev–Trinajstić information content (AvgIpc) is 2.80. The van der Waals surface area contributed by atoms with Crippen LogP contribution in [0, 0.1) is 22.0 Å². The second kappa shape index (κ2) is 5.39. The molecule has 2 atom stereocenters. The second-order valence-electron chi connectivity index (χ2n) is 5.15. The largest absolute Gasteiger partial charge is 0.481 e. The van der Waals surface area contributed by atoms with E-state index in [1.54, 1.807) is 11.8 Å². The highest BCUT2D eigenvalue weighted by Crippen LogP contribution is 2.35. The van der Waals surface area contributed by atoms with E-state index in [0.717, 1.165) is 0 Å². The Morgan fingerprint density at radius 1 is 1.43 bits per heavy atom. The molecule has 0 aliphatic carbocycles. The number of nitrogens with two attached hydrogens (primary N) is 1. The van der Waals surface area contributed by atoms with Gasteiger partial charge in [-0.05, 0) is 18.1 Å². The van der Waals surface area contributed by atoms with E-state index in [0.29, 0.717) is 6.54 Å². The molecule has 0 aromatic heterocycles. The summed E-state index contributed by atoms with van der Waals surface area (Å²) in [6.07, 6.45) is 0. The topological polar surface area (TPSA) is 127 Å². The van der Waals surface area contributed by atoms with Gasteiger partial charge in [0.1, 0.15) is 5.69 Å². The normalized spacial score (nSPS) is 21.3. The second-order valence-corrected chi connectivity index (χ2v) is 5.15. The highest BCUT2D eigenvalue weighted by molar-refractivity contribution is 5.94. The molecule has 1 fully saturated rings. The van der Waals surface area contributed by atoms with Gasteiger partial charge in [-0.25, -0.2) is 0 Å². The Balaban J connectivity index is 2.42. The Labute approximate surface area is 120 Å². The quantitative estimate of drug-likeness (QED) is 0.626. The molecule has 2 unspecified atom stereocenters. The van der Waals surface area contributed by atoms with Crippen LogP contribution in [0.2, 0.25) is 0 Å². The molecule has 0 bridgehead atoms. The third-order valence-corrected chi connectivity index (χ3v) is 3.73. The van der Waals surface area contributed by atoms with E-state index >= 15 is 0 Å². The molecule has 1 aromatic rings. The lowest BCUT2D eigenvalue weighted by atomic mass is 9.99. The summed E-state index contributed by atoms with van der Waals surface area (Å²) in [5, 5.41) is 20.2. The van der Waals surface area contributed by atoms with Gasteiger partial charge in [0.25, 0.3) is 5.69 Å². The van der Waals surface area contributed by atoms with Crippen LogP contribution in [-0.2, 0) is 4.79 Å². The molecule has 112 valence electrons. The van der Waals surface area contributed by atoms with Gasteiger partial charge in [0.05, 0.1) is 10.8 Å². The van der Waals surface area contributed by atoms with Crippen LogP contribution in [0.5, 0.6) is 0 Å². The van der Waals surface area contributed by atoms with Crippen LogP contribution in [0.25, 0.3) is 0 Å². The van der Waals surface area contributed by atoms with Crippen molar-refractivity contribution < 1.29 is 19.6 Å². The Kier molecular flexibility index (Phi) is 3.79. The Hall–Kier alpha value is -2.64. The van der Waals surface area contributed by atoms with Crippen molar-refractivity contribution >= 4 is 23.3 Å². The molecular formula is C13H15N3O5. The lowest BCUT2D eigenvalue weighted by Crippen LogP contribution is -2.24. The van der Waals surface area contributed by atoms with Crippen LogP contribution in [0.1, 0.15) is 17.3 Å². The van der Waals surface area contributed by atoms with Crippen molar-refractivity contribution in [2.24, 2.45) is 17.6 Å². The number of carboxylic acids is 1. The third kappa shape index (κ3) is 2.78. The third-order valence-electron chi connectivity index (χ3n) is 3.73. The molecule has 1 aliphatic heterocycles. The van der Waals surface area contributed by atoms with Gasteiger partial charge in [0, 0.05) is 24.7 Å². The molecule has 1 amide bonds. The number of carbonyl (C=O) groups excluding carboxylic acids is 1. The monoisotopic (exact) mass is 293 g/mol. The van der Waals surface area contributed by atoms with Crippen LogP contribution in [0.4, 0.5) is 11.4 Å². The Morgan fingerprint density at radius 3 is 2.57 bits per heavy atom. The van der Waals surface area contributed by atoms with Gasteiger partial charge in [-0.1, -0.05) is 6.92 Å². The standard InChI is InChI=1S/C13H15N3O5/c1-7-5-15(6-9(7)13(18)19)11-4-8(12(14)17)2-3-10(11)16(20)21/h2-4,7,9H,5-6H2,1H3,(H2,14,17)(H,18,19). The zero-order chi connectivity index (χ0) is 15.7. The number of anilines is 1. The average molecular weight is 293 g/mol. The first-order valence-corrected chi connectivity index (χ1v) is 6.37. The molecular weight excluding hydrogens is 278 g/mol. The summed E-state index contributed by atoms with van der Waals surface area (Å²) in [6, 6.07) is 3.85. The molecule has 21 heavy (non-hydrogen) atoms. The minimum Gasteiger partial charge on any atom is -0.481 e. The number of hydrogen-bond acceptors (Lipinski definition) is 5. The molecule has 1 saturated heterocycles. The van der Waals surface area contributed by atoms with Crippen LogP contribution >= 0.6 is 0 Å². The maximum Gasteiger partial charge on any atom is 0.308 e. The number of amides is 1. The van der Waals surface area contributed by atoms with Crippen molar-refractivity contribution in [3.05, 3.63) is 33.9 Å². The molecule has 8 nitrogen and oxygen atoms in total. The SMILES string of the molecule is CC1CN(c2cc(C(N)=O)ccc2[N+](=O)[O-])CC1C(=O)O. The van der Waals surface area contributed by atoms with E-state index in [1.807, 2.05) is 0 Å². The summed E-state index contributed by atoms with van der Waals surface area (Å²) in [4.78, 5) is 34.5. The summed E-state index contributed by atoms with van der Waals surface area (Å²) >= 11 is 0. The number of primary amides is 1. The number of carbonyl (C=O) groups is 2. The van der Waals surface area contributed by atoms with Crippen molar-refractivity contribution in [1.82, 2.24) is 0 Å². The van der Waals surface area contributed by atoms with Crippen molar-refractivity contribution in [2.45, 2.75) is 6.92 Å². The minimum absolute atomic E-state index is 0.140. The zero-order valence-corrected chi connectivity index (χ0v) is 11.4. The summed E-state index contributed by atoms with van der Waals surface area (Å²) in [7, 11) is 0. The van der Waals surface area contributed by atoms with Crippen LogP contribution in [-0.4, -0.2) is 35.0 Å². The van der Waals surface area contributed by atoms with E-state index in [1.165, 1.54) is 18.2 Å². The van der Waals surface area contributed by atoms with E-state index in [-0.39, 0.29) is 29.4 Å². The molecule has 0 saturated carbocycles. The lowest BCUT2D eigenvalue weighted by molar-refractivity contribution is -0.384. The predicted octanol–water partition coefficient (Wildman–Crippen LogP) is 0.851. The minimum atomic E-state index is -0.932. The van der Waals surface area contributed by atoms with Crippen molar-refractivity contribution in [1.29, 1.82) is 0 Å². The smallest absolute Gasteiger partial charge is 0.308 e. The Morgan fingerprint density at radius 2 is 2.10 bits per heavy atom. The molecule has 1 aromatic carbocycles. The number of benzene rings is 1. The molecule has 1 heterocycles. The molecule has 8 heteroatoms.